The lowest BCUT2D eigenvalue weighted by Crippen LogP contribution is -2.33. The third-order valence-corrected chi connectivity index (χ3v) is 7.05. The van der Waals surface area contributed by atoms with E-state index in [4.69, 9.17) is 11.6 Å². The summed E-state index contributed by atoms with van der Waals surface area (Å²) in [5.41, 5.74) is 0. The van der Waals surface area contributed by atoms with Crippen molar-refractivity contribution >= 4 is 35.1 Å². The second-order valence-electron chi connectivity index (χ2n) is 3.67. The van der Waals surface area contributed by atoms with Gasteiger partial charge in [0.25, 0.3) is 0 Å². The molecule has 0 bridgehead atoms. The molecule has 0 atom stereocenters. The second-order valence-corrected chi connectivity index (χ2v) is 7.15. The molecule has 0 radical (unpaired) electrons. The maximum atomic E-state index is 6.64. The first-order chi connectivity index (χ1) is 5.81. The van der Waals surface area contributed by atoms with Crippen molar-refractivity contribution < 1.29 is 0 Å². The molecular formula is C9H15ClS2. The van der Waals surface area contributed by atoms with Gasteiger partial charge in [0.05, 0.1) is 9.46 Å². The van der Waals surface area contributed by atoms with Gasteiger partial charge < -0.3 is 0 Å². The normalized spacial score (nSPS) is 30.8. The molecule has 2 rings (SSSR count). The molecule has 1 heterocycles. The van der Waals surface area contributed by atoms with Gasteiger partial charge in [-0.25, -0.2) is 0 Å². The number of halogens is 1. The van der Waals surface area contributed by atoms with E-state index < -0.39 is 0 Å². The Morgan fingerprint density at radius 3 is 2.17 bits per heavy atom. The minimum absolute atomic E-state index is 0.157. The fraction of sp³-hybridized carbons (Fsp3) is 1.00. The van der Waals surface area contributed by atoms with Crippen molar-refractivity contribution in [3.63, 3.8) is 0 Å². The third kappa shape index (κ3) is 1.91. The van der Waals surface area contributed by atoms with E-state index in [-0.39, 0.29) is 4.87 Å². The molecule has 0 spiro atoms. The number of alkyl halides is 1. The summed E-state index contributed by atoms with van der Waals surface area (Å²) in [6.45, 7) is 0. The van der Waals surface area contributed by atoms with Crippen LogP contribution in [0.4, 0.5) is 0 Å². The largest absolute Gasteiger partial charge is 0.145 e. The topological polar surface area (TPSA) is 0 Å². The zero-order valence-corrected chi connectivity index (χ0v) is 9.61. The summed E-state index contributed by atoms with van der Waals surface area (Å²) < 4.78 is 0.694. The highest BCUT2D eigenvalue weighted by Gasteiger charge is 2.40. The Balaban J connectivity index is 1.97. The first kappa shape index (κ1) is 9.54. The molecule has 1 aliphatic heterocycles. The van der Waals surface area contributed by atoms with Crippen molar-refractivity contribution in [3.8, 4) is 0 Å². The monoisotopic (exact) mass is 222 g/mol. The molecular weight excluding hydrogens is 208 g/mol. The molecule has 70 valence electrons. The Morgan fingerprint density at radius 1 is 1.00 bits per heavy atom. The summed E-state index contributed by atoms with van der Waals surface area (Å²) in [6.07, 6.45) is 6.59. The lowest BCUT2D eigenvalue weighted by atomic mass is 9.90. The number of rotatable bonds is 1. The highest BCUT2D eigenvalue weighted by molar-refractivity contribution is 8.20. The standard InChI is InChI=1S/C9H15ClS2/c10-9(4-2-1-3-5-9)8-11-6-7-12-8/h8H,1-7H2. The maximum Gasteiger partial charge on any atom is 0.0694 e. The van der Waals surface area contributed by atoms with Gasteiger partial charge in [0.2, 0.25) is 0 Å². The Bertz CT molecular complexity index is 149. The van der Waals surface area contributed by atoms with Crippen LogP contribution in [0.2, 0.25) is 0 Å². The predicted octanol–water partition coefficient (Wildman–Crippen LogP) is 3.73. The number of thioether (sulfide) groups is 2. The third-order valence-electron chi connectivity index (χ3n) is 2.73. The van der Waals surface area contributed by atoms with Crippen LogP contribution in [0.5, 0.6) is 0 Å². The molecule has 0 nitrogen and oxygen atoms in total. The summed E-state index contributed by atoms with van der Waals surface area (Å²) in [6, 6.07) is 0. The van der Waals surface area contributed by atoms with E-state index in [0.717, 1.165) is 0 Å². The first-order valence-electron chi connectivity index (χ1n) is 4.73. The van der Waals surface area contributed by atoms with E-state index in [1.165, 1.54) is 43.6 Å². The minimum Gasteiger partial charge on any atom is -0.145 e. The Morgan fingerprint density at radius 2 is 1.58 bits per heavy atom. The van der Waals surface area contributed by atoms with Crippen molar-refractivity contribution in [2.24, 2.45) is 0 Å². The first-order valence-corrected chi connectivity index (χ1v) is 7.21. The molecule has 12 heavy (non-hydrogen) atoms. The van der Waals surface area contributed by atoms with Crippen LogP contribution >= 0.6 is 35.1 Å². The van der Waals surface area contributed by atoms with Gasteiger partial charge in [-0.05, 0) is 12.8 Å². The molecule has 0 amide bonds. The fourth-order valence-corrected chi connectivity index (χ4v) is 5.91. The van der Waals surface area contributed by atoms with Crippen LogP contribution in [0.25, 0.3) is 0 Å². The Labute approximate surface area is 88.2 Å². The molecule has 0 N–H and O–H groups in total. The van der Waals surface area contributed by atoms with E-state index >= 15 is 0 Å². The maximum absolute atomic E-state index is 6.64. The van der Waals surface area contributed by atoms with Gasteiger partial charge in [-0.2, -0.15) is 0 Å². The molecule has 2 aliphatic rings. The average molecular weight is 223 g/mol. The van der Waals surface area contributed by atoms with Crippen LogP contribution in [0, 0.1) is 0 Å². The molecule has 0 aromatic heterocycles. The molecule has 0 aromatic rings. The van der Waals surface area contributed by atoms with Crippen molar-refractivity contribution in [1.29, 1.82) is 0 Å². The Hall–Kier alpha value is 0.990. The van der Waals surface area contributed by atoms with Crippen molar-refractivity contribution in [2.45, 2.75) is 41.6 Å². The molecule has 1 saturated heterocycles. The number of hydrogen-bond acceptors (Lipinski definition) is 2. The smallest absolute Gasteiger partial charge is 0.0694 e. The molecule has 1 aliphatic carbocycles. The summed E-state index contributed by atoms with van der Waals surface area (Å²) in [5, 5.41) is 0. The van der Waals surface area contributed by atoms with E-state index in [1.807, 2.05) is 0 Å². The lowest BCUT2D eigenvalue weighted by molar-refractivity contribution is 0.411. The molecule has 0 unspecified atom stereocenters. The van der Waals surface area contributed by atoms with E-state index in [9.17, 15) is 0 Å². The molecule has 0 aromatic carbocycles. The van der Waals surface area contributed by atoms with E-state index in [2.05, 4.69) is 23.5 Å². The number of hydrogen-bond donors (Lipinski definition) is 0. The van der Waals surface area contributed by atoms with E-state index in [0.29, 0.717) is 4.58 Å². The van der Waals surface area contributed by atoms with Gasteiger partial charge in [0.1, 0.15) is 0 Å². The van der Waals surface area contributed by atoms with Gasteiger partial charge in [-0.15, -0.1) is 35.1 Å². The van der Waals surface area contributed by atoms with Gasteiger partial charge in [0, 0.05) is 11.5 Å². The van der Waals surface area contributed by atoms with Gasteiger partial charge in [-0.3, -0.25) is 0 Å². The quantitative estimate of drug-likeness (QED) is 0.620. The zero-order chi connectivity index (χ0) is 8.44. The highest BCUT2D eigenvalue weighted by atomic mass is 35.5. The van der Waals surface area contributed by atoms with Gasteiger partial charge >= 0.3 is 0 Å². The summed E-state index contributed by atoms with van der Waals surface area (Å²) in [7, 11) is 0. The molecule has 2 fully saturated rings. The Kier molecular flexibility index (Phi) is 3.19. The summed E-state index contributed by atoms with van der Waals surface area (Å²) in [4.78, 5) is 0.157. The van der Waals surface area contributed by atoms with Gasteiger partial charge in [-0.1, -0.05) is 19.3 Å². The zero-order valence-electron chi connectivity index (χ0n) is 7.22. The van der Waals surface area contributed by atoms with Crippen LogP contribution < -0.4 is 0 Å². The summed E-state index contributed by atoms with van der Waals surface area (Å²) in [5.74, 6) is 2.62. The van der Waals surface area contributed by atoms with Gasteiger partial charge in [0.15, 0.2) is 0 Å². The van der Waals surface area contributed by atoms with Crippen LogP contribution in [-0.4, -0.2) is 21.0 Å². The van der Waals surface area contributed by atoms with Crippen LogP contribution in [0.1, 0.15) is 32.1 Å². The van der Waals surface area contributed by atoms with Crippen molar-refractivity contribution in [2.75, 3.05) is 11.5 Å². The van der Waals surface area contributed by atoms with Crippen LogP contribution in [0.15, 0.2) is 0 Å². The molecule has 3 heteroatoms. The minimum atomic E-state index is 0.157. The average Bonchev–Trinajstić information content (AvgIpc) is 2.58. The second kappa shape index (κ2) is 4.02. The van der Waals surface area contributed by atoms with E-state index in [1.54, 1.807) is 0 Å². The van der Waals surface area contributed by atoms with Crippen molar-refractivity contribution in [3.05, 3.63) is 0 Å². The van der Waals surface area contributed by atoms with Crippen molar-refractivity contribution in [1.82, 2.24) is 0 Å². The van der Waals surface area contributed by atoms with Crippen LogP contribution in [-0.2, 0) is 0 Å². The predicted molar refractivity (Wildman–Crippen MR) is 60.4 cm³/mol. The molecule has 1 saturated carbocycles. The fourth-order valence-electron chi connectivity index (χ4n) is 2.03. The lowest BCUT2D eigenvalue weighted by Gasteiger charge is -2.35. The summed E-state index contributed by atoms with van der Waals surface area (Å²) >= 11 is 10.8. The highest BCUT2D eigenvalue weighted by Crippen LogP contribution is 2.49. The SMILES string of the molecule is ClC1(C2SCCS2)CCCCC1. The van der Waals surface area contributed by atoms with Crippen LogP contribution in [0.3, 0.4) is 0 Å².